The Kier molecular flexibility index (Phi) is 13.6. The Morgan fingerprint density at radius 2 is 1.58 bits per heavy atom. The molecule has 33 heavy (non-hydrogen) atoms. The molecule has 0 spiro atoms. The molecule has 0 unspecified atom stereocenters. The van der Waals surface area contributed by atoms with Crippen molar-refractivity contribution >= 4 is 17.5 Å². The van der Waals surface area contributed by atoms with Crippen molar-refractivity contribution in [1.82, 2.24) is 5.32 Å². The van der Waals surface area contributed by atoms with Crippen molar-refractivity contribution in [2.24, 2.45) is 7.05 Å². The second-order valence-electron chi connectivity index (χ2n) is 8.94. The number of aryl methyl sites for hydroxylation is 1. The third-order valence-electron chi connectivity index (χ3n) is 5.90. The SMILES string of the molecule is CCCCCCCCCCCCCCOc1ccc(C(=O)NCc2ccc[n+](C)c2)cc1Cl. The van der Waals surface area contributed by atoms with Crippen LogP contribution in [0.1, 0.15) is 99.9 Å². The first-order chi connectivity index (χ1) is 16.1. The summed E-state index contributed by atoms with van der Waals surface area (Å²) >= 11 is 6.35. The Bertz CT molecular complexity index is 825. The number of aromatic nitrogens is 1. The zero-order chi connectivity index (χ0) is 23.7. The van der Waals surface area contributed by atoms with Crippen molar-refractivity contribution in [3.63, 3.8) is 0 Å². The summed E-state index contributed by atoms with van der Waals surface area (Å²) in [6.45, 7) is 3.40. The number of halogens is 1. The number of pyridine rings is 1. The summed E-state index contributed by atoms with van der Waals surface area (Å²) in [5.74, 6) is 0.502. The molecular weight excluding hydrogens is 432 g/mol. The highest BCUT2D eigenvalue weighted by Crippen LogP contribution is 2.26. The van der Waals surface area contributed by atoms with Gasteiger partial charge >= 0.3 is 0 Å². The van der Waals surface area contributed by atoms with Crippen LogP contribution in [-0.4, -0.2) is 12.5 Å². The smallest absolute Gasteiger partial charge is 0.251 e. The third kappa shape index (κ3) is 11.6. The van der Waals surface area contributed by atoms with Crippen LogP contribution in [0.15, 0.2) is 42.7 Å². The number of nitrogens with one attached hydrogen (secondary N) is 1. The molecule has 0 aliphatic heterocycles. The molecule has 0 saturated carbocycles. The highest BCUT2D eigenvalue weighted by Gasteiger charge is 2.10. The summed E-state index contributed by atoms with van der Waals surface area (Å²) < 4.78 is 7.80. The predicted molar refractivity (Wildman–Crippen MR) is 137 cm³/mol. The average molecular weight is 474 g/mol. The molecule has 0 bridgehead atoms. The number of hydrogen-bond acceptors (Lipinski definition) is 2. The average Bonchev–Trinajstić information content (AvgIpc) is 2.81. The van der Waals surface area contributed by atoms with Crippen LogP contribution in [0, 0.1) is 0 Å². The summed E-state index contributed by atoms with van der Waals surface area (Å²) in [6, 6.07) is 9.18. The number of hydrogen-bond donors (Lipinski definition) is 1. The van der Waals surface area contributed by atoms with E-state index in [1.165, 1.54) is 70.6 Å². The van der Waals surface area contributed by atoms with E-state index in [1.54, 1.807) is 18.2 Å². The standard InChI is InChI=1S/C28H41ClN2O2/c1-3-4-5-6-7-8-9-10-11-12-13-14-20-33-27-18-17-25(21-26(27)29)28(32)30-22-24-16-15-19-31(2)23-24/h15-19,21,23H,3-14,20,22H2,1-2H3/p+1. The lowest BCUT2D eigenvalue weighted by Gasteiger charge is -2.10. The van der Waals surface area contributed by atoms with E-state index in [0.717, 1.165) is 12.0 Å². The van der Waals surface area contributed by atoms with E-state index in [0.29, 0.717) is 29.5 Å². The zero-order valence-electron chi connectivity index (χ0n) is 20.6. The second kappa shape index (κ2) is 16.5. The Morgan fingerprint density at radius 3 is 2.18 bits per heavy atom. The van der Waals surface area contributed by atoms with E-state index in [9.17, 15) is 4.79 Å². The Morgan fingerprint density at radius 1 is 0.939 bits per heavy atom. The lowest BCUT2D eigenvalue weighted by atomic mass is 10.1. The van der Waals surface area contributed by atoms with Crippen LogP contribution in [-0.2, 0) is 13.6 Å². The molecule has 1 amide bonds. The van der Waals surface area contributed by atoms with Gasteiger partial charge in [-0.3, -0.25) is 4.79 Å². The van der Waals surface area contributed by atoms with Gasteiger partial charge in [-0.2, -0.15) is 0 Å². The summed E-state index contributed by atoms with van der Waals surface area (Å²) in [6.07, 6.45) is 19.8. The van der Waals surface area contributed by atoms with Gasteiger partial charge in [0, 0.05) is 23.7 Å². The molecule has 0 radical (unpaired) electrons. The molecule has 1 heterocycles. The largest absolute Gasteiger partial charge is 0.492 e. The monoisotopic (exact) mass is 473 g/mol. The number of carbonyl (C=O) groups is 1. The zero-order valence-corrected chi connectivity index (χ0v) is 21.3. The fourth-order valence-corrected chi connectivity index (χ4v) is 4.16. The molecule has 0 aliphatic rings. The molecule has 0 saturated heterocycles. The normalized spacial score (nSPS) is 10.9. The molecule has 182 valence electrons. The summed E-state index contributed by atoms with van der Waals surface area (Å²) in [4.78, 5) is 12.4. The van der Waals surface area contributed by atoms with Gasteiger partial charge in [0.25, 0.3) is 5.91 Å². The van der Waals surface area contributed by atoms with Gasteiger partial charge in [-0.15, -0.1) is 0 Å². The van der Waals surface area contributed by atoms with E-state index < -0.39 is 0 Å². The molecule has 0 fully saturated rings. The minimum atomic E-state index is -0.143. The van der Waals surface area contributed by atoms with Crippen LogP contribution in [0.3, 0.4) is 0 Å². The lowest BCUT2D eigenvalue weighted by Crippen LogP contribution is -2.29. The van der Waals surface area contributed by atoms with E-state index in [1.807, 2.05) is 36.1 Å². The van der Waals surface area contributed by atoms with E-state index in [4.69, 9.17) is 16.3 Å². The lowest BCUT2D eigenvalue weighted by molar-refractivity contribution is -0.671. The molecule has 1 aromatic heterocycles. The van der Waals surface area contributed by atoms with Crippen molar-refractivity contribution < 1.29 is 14.1 Å². The van der Waals surface area contributed by atoms with Gasteiger partial charge in [0.15, 0.2) is 12.4 Å². The van der Waals surface area contributed by atoms with Gasteiger partial charge < -0.3 is 10.1 Å². The highest BCUT2D eigenvalue weighted by atomic mass is 35.5. The maximum absolute atomic E-state index is 12.4. The van der Waals surface area contributed by atoms with Crippen LogP contribution >= 0.6 is 11.6 Å². The fraction of sp³-hybridized carbons (Fsp3) is 0.571. The molecule has 5 heteroatoms. The van der Waals surface area contributed by atoms with Crippen molar-refractivity contribution in [2.75, 3.05) is 6.61 Å². The first-order valence-electron chi connectivity index (χ1n) is 12.7. The number of carbonyl (C=O) groups excluding carboxylic acids is 1. The van der Waals surface area contributed by atoms with E-state index in [2.05, 4.69) is 12.2 Å². The van der Waals surface area contributed by atoms with Crippen LogP contribution in [0.25, 0.3) is 0 Å². The molecule has 2 aromatic rings. The van der Waals surface area contributed by atoms with Crippen LogP contribution in [0.5, 0.6) is 5.75 Å². The Labute approximate surface area is 205 Å². The van der Waals surface area contributed by atoms with E-state index >= 15 is 0 Å². The Hall–Kier alpha value is -2.07. The first kappa shape index (κ1) is 27.2. The van der Waals surface area contributed by atoms with Gasteiger partial charge in [0.1, 0.15) is 12.8 Å². The van der Waals surface area contributed by atoms with Crippen molar-refractivity contribution in [3.05, 3.63) is 58.9 Å². The maximum atomic E-state index is 12.4. The quantitative estimate of drug-likeness (QED) is 0.195. The second-order valence-corrected chi connectivity index (χ2v) is 9.35. The molecular formula is C28H42ClN2O2+. The van der Waals surface area contributed by atoms with Crippen LogP contribution in [0.2, 0.25) is 5.02 Å². The molecule has 0 atom stereocenters. The van der Waals surface area contributed by atoms with Crippen molar-refractivity contribution in [1.29, 1.82) is 0 Å². The molecule has 1 aromatic carbocycles. The number of rotatable bonds is 17. The number of benzene rings is 1. The first-order valence-corrected chi connectivity index (χ1v) is 13.1. The number of ether oxygens (including phenoxy) is 1. The summed E-state index contributed by atoms with van der Waals surface area (Å²) in [5.41, 5.74) is 1.58. The topological polar surface area (TPSA) is 42.2 Å². The number of nitrogens with zero attached hydrogens (tertiary/aromatic N) is 1. The van der Waals surface area contributed by atoms with Gasteiger partial charge in [-0.1, -0.05) is 89.2 Å². The van der Waals surface area contributed by atoms with Crippen molar-refractivity contribution in [3.8, 4) is 5.75 Å². The van der Waals surface area contributed by atoms with E-state index in [-0.39, 0.29) is 5.91 Å². The fourth-order valence-electron chi connectivity index (χ4n) is 3.92. The van der Waals surface area contributed by atoms with Crippen molar-refractivity contribution in [2.45, 2.75) is 90.5 Å². The van der Waals surface area contributed by atoms with Gasteiger partial charge in [0.2, 0.25) is 0 Å². The summed E-state index contributed by atoms with van der Waals surface area (Å²) in [7, 11) is 1.96. The Balaban J connectivity index is 1.56. The molecule has 1 N–H and O–H groups in total. The minimum absolute atomic E-state index is 0.143. The van der Waals surface area contributed by atoms with Gasteiger partial charge in [-0.05, 0) is 30.7 Å². The number of amides is 1. The molecule has 2 rings (SSSR count). The maximum Gasteiger partial charge on any atom is 0.251 e. The van der Waals surface area contributed by atoms with Crippen LogP contribution < -0.4 is 14.6 Å². The van der Waals surface area contributed by atoms with Crippen LogP contribution in [0.4, 0.5) is 0 Å². The molecule has 0 aliphatic carbocycles. The molecule has 4 nitrogen and oxygen atoms in total. The van der Waals surface area contributed by atoms with Gasteiger partial charge in [-0.25, -0.2) is 4.57 Å². The van der Waals surface area contributed by atoms with Gasteiger partial charge in [0.05, 0.1) is 11.6 Å². The highest BCUT2D eigenvalue weighted by molar-refractivity contribution is 6.32. The third-order valence-corrected chi connectivity index (χ3v) is 6.20. The number of unbranched alkanes of at least 4 members (excludes halogenated alkanes) is 11. The summed E-state index contributed by atoms with van der Waals surface area (Å²) in [5, 5.41) is 3.41. The predicted octanol–water partition coefficient (Wildman–Crippen LogP) is 7.17. The minimum Gasteiger partial charge on any atom is -0.492 e.